The van der Waals surface area contributed by atoms with E-state index >= 15 is 0 Å². The number of pyridine rings is 1. The van der Waals surface area contributed by atoms with E-state index in [9.17, 15) is 4.79 Å². The molecule has 0 radical (unpaired) electrons. The monoisotopic (exact) mass is 645 g/mol. The third-order valence-electron chi connectivity index (χ3n) is 8.40. The normalized spacial score (nSPS) is 11.1. The summed E-state index contributed by atoms with van der Waals surface area (Å²) in [5, 5.41) is 4.09. The van der Waals surface area contributed by atoms with Crippen LogP contribution in [-0.4, -0.2) is 30.3 Å². The standard InChI is InChI=1S/C43H39N3O3/c47-43(37-21-24-39(25-22-37)48-29-27-41(33-13-5-1-6-14-33)34-15-7-2-8-16-34)46-45-31-38-23-26-40(32-44-38)49-30-28-42(35-17-9-3-10-18-35)36-19-11-4-12-20-36/h1-26,31-32,41-42H,27-30H2,(H,46,47)/b45-31-. The van der Waals surface area contributed by atoms with E-state index in [2.05, 4.69) is 113 Å². The van der Waals surface area contributed by atoms with Crippen LogP contribution in [0.1, 0.15) is 63.0 Å². The van der Waals surface area contributed by atoms with Gasteiger partial charge in [-0.2, -0.15) is 5.10 Å². The summed E-state index contributed by atoms with van der Waals surface area (Å²) in [5.74, 6) is 1.55. The smallest absolute Gasteiger partial charge is 0.271 e. The third-order valence-corrected chi connectivity index (χ3v) is 8.40. The quantitative estimate of drug-likeness (QED) is 0.0894. The Labute approximate surface area is 288 Å². The van der Waals surface area contributed by atoms with Crippen molar-refractivity contribution < 1.29 is 14.3 Å². The number of ether oxygens (including phenoxy) is 2. The van der Waals surface area contributed by atoms with E-state index in [0.29, 0.717) is 36.0 Å². The molecule has 6 nitrogen and oxygen atoms in total. The molecular weight excluding hydrogens is 606 g/mol. The van der Waals surface area contributed by atoms with Gasteiger partial charge in [-0.3, -0.25) is 9.78 Å². The highest BCUT2D eigenvalue weighted by molar-refractivity contribution is 5.94. The van der Waals surface area contributed by atoms with E-state index < -0.39 is 0 Å². The van der Waals surface area contributed by atoms with Gasteiger partial charge in [0, 0.05) is 17.4 Å². The van der Waals surface area contributed by atoms with Crippen LogP contribution in [0.25, 0.3) is 0 Å². The van der Waals surface area contributed by atoms with E-state index in [-0.39, 0.29) is 17.7 Å². The minimum Gasteiger partial charge on any atom is -0.494 e. The second-order valence-electron chi connectivity index (χ2n) is 11.7. The fraction of sp³-hybridized carbons (Fsp3) is 0.140. The van der Waals surface area contributed by atoms with E-state index in [1.54, 1.807) is 30.5 Å². The Morgan fingerprint density at radius 2 is 1.00 bits per heavy atom. The van der Waals surface area contributed by atoms with E-state index in [1.165, 1.54) is 28.5 Å². The van der Waals surface area contributed by atoms with Gasteiger partial charge in [0.05, 0.1) is 31.3 Å². The molecule has 0 aliphatic rings. The maximum Gasteiger partial charge on any atom is 0.271 e. The molecule has 0 saturated heterocycles. The zero-order valence-electron chi connectivity index (χ0n) is 27.3. The second kappa shape index (κ2) is 17.2. The van der Waals surface area contributed by atoms with Gasteiger partial charge < -0.3 is 9.47 Å². The predicted octanol–water partition coefficient (Wildman–Crippen LogP) is 9.05. The van der Waals surface area contributed by atoms with Gasteiger partial charge in [-0.05, 0) is 71.5 Å². The fourth-order valence-electron chi connectivity index (χ4n) is 5.86. The second-order valence-corrected chi connectivity index (χ2v) is 11.7. The molecule has 0 atom stereocenters. The molecule has 0 unspecified atom stereocenters. The van der Waals surface area contributed by atoms with E-state index in [1.807, 2.05) is 36.4 Å². The van der Waals surface area contributed by atoms with Gasteiger partial charge in [0.2, 0.25) is 0 Å². The number of carbonyl (C=O) groups is 1. The average Bonchev–Trinajstić information content (AvgIpc) is 3.17. The first-order valence-electron chi connectivity index (χ1n) is 16.6. The van der Waals surface area contributed by atoms with Gasteiger partial charge in [-0.15, -0.1) is 0 Å². The van der Waals surface area contributed by atoms with Crippen molar-refractivity contribution in [3.8, 4) is 11.5 Å². The van der Waals surface area contributed by atoms with Crippen LogP contribution in [-0.2, 0) is 0 Å². The highest BCUT2D eigenvalue weighted by Gasteiger charge is 2.15. The summed E-state index contributed by atoms with van der Waals surface area (Å²) >= 11 is 0. The van der Waals surface area contributed by atoms with Crippen LogP contribution in [0, 0.1) is 0 Å². The van der Waals surface area contributed by atoms with Crippen molar-refractivity contribution in [2.75, 3.05) is 13.2 Å². The van der Waals surface area contributed by atoms with Crippen LogP contribution in [0.2, 0.25) is 0 Å². The number of nitrogens with one attached hydrogen (secondary N) is 1. The number of nitrogens with zero attached hydrogens (tertiary/aromatic N) is 2. The molecule has 6 heteroatoms. The summed E-state index contributed by atoms with van der Waals surface area (Å²) in [5.41, 5.74) is 8.71. The number of carbonyl (C=O) groups excluding carboxylic acids is 1. The van der Waals surface area contributed by atoms with Crippen molar-refractivity contribution in [3.05, 3.63) is 197 Å². The van der Waals surface area contributed by atoms with Gasteiger partial charge >= 0.3 is 0 Å². The van der Waals surface area contributed by atoms with Gasteiger partial charge in [-0.25, -0.2) is 5.43 Å². The van der Waals surface area contributed by atoms with Gasteiger partial charge in [0.1, 0.15) is 11.5 Å². The lowest BCUT2D eigenvalue weighted by Crippen LogP contribution is -2.17. The molecule has 1 amide bonds. The molecular formula is C43H39N3O3. The first-order chi connectivity index (χ1) is 24.2. The van der Waals surface area contributed by atoms with Crippen LogP contribution in [0.4, 0.5) is 0 Å². The van der Waals surface area contributed by atoms with Crippen molar-refractivity contribution in [1.29, 1.82) is 0 Å². The summed E-state index contributed by atoms with van der Waals surface area (Å²) < 4.78 is 12.1. The molecule has 0 aliphatic heterocycles. The largest absolute Gasteiger partial charge is 0.494 e. The first-order valence-corrected chi connectivity index (χ1v) is 16.6. The van der Waals surface area contributed by atoms with Crippen molar-refractivity contribution >= 4 is 12.1 Å². The molecule has 6 aromatic rings. The number of amides is 1. The van der Waals surface area contributed by atoms with Gasteiger partial charge in [-0.1, -0.05) is 121 Å². The molecule has 0 spiro atoms. The molecule has 49 heavy (non-hydrogen) atoms. The highest BCUT2D eigenvalue weighted by Crippen LogP contribution is 2.29. The Morgan fingerprint density at radius 3 is 1.43 bits per heavy atom. The zero-order valence-corrected chi connectivity index (χ0v) is 27.3. The summed E-state index contributed by atoms with van der Waals surface area (Å²) in [6, 6.07) is 52.7. The molecule has 6 rings (SSSR count). The summed E-state index contributed by atoms with van der Waals surface area (Å²) in [4.78, 5) is 17.1. The maximum absolute atomic E-state index is 12.7. The molecule has 244 valence electrons. The molecule has 5 aromatic carbocycles. The molecule has 1 heterocycles. The maximum atomic E-state index is 12.7. The third kappa shape index (κ3) is 9.52. The summed E-state index contributed by atoms with van der Waals surface area (Å²) in [7, 11) is 0. The van der Waals surface area contributed by atoms with Crippen molar-refractivity contribution in [1.82, 2.24) is 10.4 Å². The van der Waals surface area contributed by atoms with Gasteiger partial charge in [0.25, 0.3) is 5.91 Å². The Kier molecular flexibility index (Phi) is 11.6. The van der Waals surface area contributed by atoms with Crippen LogP contribution in [0.15, 0.2) is 169 Å². The summed E-state index contributed by atoms with van der Waals surface area (Å²) in [6.45, 7) is 1.09. The lowest BCUT2D eigenvalue weighted by molar-refractivity contribution is 0.0955. The van der Waals surface area contributed by atoms with Crippen LogP contribution in [0.5, 0.6) is 11.5 Å². The molecule has 0 fully saturated rings. The fourth-order valence-corrected chi connectivity index (χ4v) is 5.86. The molecule has 1 aromatic heterocycles. The number of hydrogen-bond donors (Lipinski definition) is 1. The minimum absolute atomic E-state index is 0.237. The van der Waals surface area contributed by atoms with Crippen LogP contribution >= 0.6 is 0 Å². The number of aromatic nitrogens is 1. The number of hydrazone groups is 1. The minimum atomic E-state index is -0.317. The van der Waals surface area contributed by atoms with E-state index in [4.69, 9.17) is 9.47 Å². The highest BCUT2D eigenvalue weighted by atomic mass is 16.5. The Hall–Kier alpha value is -6.01. The Morgan fingerprint density at radius 1 is 0.571 bits per heavy atom. The lowest BCUT2D eigenvalue weighted by Gasteiger charge is -2.18. The van der Waals surface area contributed by atoms with Crippen LogP contribution < -0.4 is 14.9 Å². The van der Waals surface area contributed by atoms with E-state index in [0.717, 1.165) is 12.8 Å². The molecule has 0 bridgehead atoms. The Balaban J connectivity index is 0.954. The number of benzene rings is 5. The first kappa shape index (κ1) is 32.9. The van der Waals surface area contributed by atoms with Crippen molar-refractivity contribution in [2.45, 2.75) is 24.7 Å². The molecule has 0 saturated carbocycles. The Bertz CT molecular complexity index is 1800. The SMILES string of the molecule is O=C(N/N=C\c1ccc(OCCC(c2ccccc2)c2ccccc2)cn1)c1ccc(OCCC(c2ccccc2)c2ccccc2)cc1. The molecule has 1 N–H and O–H groups in total. The topological polar surface area (TPSA) is 72.8 Å². The van der Waals surface area contributed by atoms with Crippen LogP contribution in [0.3, 0.4) is 0 Å². The lowest BCUT2D eigenvalue weighted by atomic mass is 9.89. The summed E-state index contributed by atoms with van der Waals surface area (Å²) in [6.07, 6.45) is 4.84. The van der Waals surface area contributed by atoms with Gasteiger partial charge in [0.15, 0.2) is 0 Å². The molecule has 0 aliphatic carbocycles. The zero-order chi connectivity index (χ0) is 33.5. The number of rotatable bonds is 15. The van der Waals surface area contributed by atoms with Crippen molar-refractivity contribution in [2.24, 2.45) is 5.10 Å². The average molecular weight is 646 g/mol. The predicted molar refractivity (Wildman–Crippen MR) is 195 cm³/mol. The number of hydrogen-bond acceptors (Lipinski definition) is 5. The van der Waals surface area contributed by atoms with Crippen molar-refractivity contribution in [3.63, 3.8) is 0 Å².